The van der Waals surface area contributed by atoms with Gasteiger partial charge < -0.3 is 10.1 Å². The van der Waals surface area contributed by atoms with E-state index in [1.54, 1.807) is 7.11 Å². The Bertz CT molecular complexity index is 574. The van der Waals surface area contributed by atoms with E-state index in [-0.39, 0.29) is 11.6 Å². The molecule has 0 aliphatic carbocycles. The van der Waals surface area contributed by atoms with Gasteiger partial charge in [0.05, 0.1) is 16.8 Å². The van der Waals surface area contributed by atoms with Gasteiger partial charge in [-0.15, -0.1) is 0 Å². The van der Waals surface area contributed by atoms with E-state index in [1.165, 1.54) is 10.9 Å². The van der Waals surface area contributed by atoms with Gasteiger partial charge in [0.15, 0.2) is 0 Å². The summed E-state index contributed by atoms with van der Waals surface area (Å²) >= 11 is 0. The number of rotatable bonds is 6. The summed E-state index contributed by atoms with van der Waals surface area (Å²) < 4.78 is 7.60. The number of nitrogens with one attached hydrogen (secondary N) is 1. The number of benzene rings is 1. The summed E-state index contributed by atoms with van der Waals surface area (Å²) in [5.41, 5.74) is 2.07. The molecule has 0 saturated carbocycles. The van der Waals surface area contributed by atoms with Gasteiger partial charge in [0.2, 0.25) is 0 Å². The van der Waals surface area contributed by atoms with Crippen molar-refractivity contribution in [3.8, 4) is 0 Å². The van der Waals surface area contributed by atoms with Crippen molar-refractivity contribution in [2.75, 3.05) is 13.7 Å². The number of fused-ring (bicyclic) bond motifs is 1. The molecule has 1 N–H and O–H groups in total. The van der Waals surface area contributed by atoms with Crippen LogP contribution in [0.3, 0.4) is 0 Å². The number of nitrogens with zero attached hydrogens (tertiary/aromatic N) is 2. The molecule has 0 radical (unpaired) electrons. The fourth-order valence-electron chi connectivity index (χ4n) is 2.59. The van der Waals surface area contributed by atoms with Crippen molar-refractivity contribution in [2.24, 2.45) is 7.05 Å². The highest BCUT2D eigenvalue weighted by atomic mass is 16.5. The molecule has 2 rings (SSSR count). The number of aryl methyl sites for hydroxylation is 1. The van der Waals surface area contributed by atoms with Crippen LogP contribution in [-0.2, 0) is 18.2 Å². The molecule has 0 bridgehead atoms. The first-order valence-corrected chi connectivity index (χ1v) is 7.18. The molecule has 4 heteroatoms. The van der Waals surface area contributed by atoms with Gasteiger partial charge in [0.1, 0.15) is 0 Å². The number of para-hydroxylation sites is 1. The fraction of sp³-hybridized carbons (Fsp3) is 0.562. The summed E-state index contributed by atoms with van der Waals surface area (Å²) in [6.07, 6.45) is 0.857. The van der Waals surface area contributed by atoms with Crippen LogP contribution in [-0.4, -0.2) is 35.1 Å². The van der Waals surface area contributed by atoms with E-state index in [1.807, 2.05) is 11.7 Å². The Balaban J connectivity index is 2.34. The molecule has 1 aromatic heterocycles. The zero-order valence-corrected chi connectivity index (χ0v) is 13.1. The third kappa shape index (κ3) is 2.86. The normalized spacial score (nSPS) is 13.8. The zero-order valence-electron chi connectivity index (χ0n) is 13.1. The highest BCUT2D eigenvalue weighted by Gasteiger charge is 2.30. The first-order chi connectivity index (χ1) is 9.49. The SMILES string of the molecule is CCNC(Cc1nn(C)c2ccccc12)C(C)(C)OC. The monoisotopic (exact) mass is 275 g/mol. The topological polar surface area (TPSA) is 39.1 Å². The van der Waals surface area contributed by atoms with E-state index < -0.39 is 0 Å². The van der Waals surface area contributed by atoms with Crippen LogP contribution in [0.25, 0.3) is 10.9 Å². The lowest BCUT2D eigenvalue weighted by Crippen LogP contribution is -2.49. The Kier molecular flexibility index (Phi) is 4.45. The van der Waals surface area contributed by atoms with Crippen LogP contribution in [0.2, 0.25) is 0 Å². The first kappa shape index (κ1) is 15.0. The van der Waals surface area contributed by atoms with Crippen molar-refractivity contribution in [1.29, 1.82) is 0 Å². The smallest absolute Gasteiger partial charge is 0.0778 e. The van der Waals surface area contributed by atoms with Crippen LogP contribution in [0, 0.1) is 0 Å². The molecule has 0 spiro atoms. The second-order valence-electron chi connectivity index (χ2n) is 5.71. The molecule has 1 unspecified atom stereocenters. The molecule has 4 nitrogen and oxygen atoms in total. The zero-order chi connectivity index (χ0) is 14.8. The number of hydrogen-bond donors (Lipinski definition) is 1. The summed E-state index contributed by atoms with van der Waals surface area (Å²) in [5.74, 6) is 0. The van der Waals surface area contributed by atoms with Crippen LogP contribution in [0.4, 0.5) is 0 Å². The molecule has 2 aromatic rings. The van der Waals surface area contributed by atoms with Crippen molar-refractivity contribution >= 4 is 10.9 Å². The van der Waals surface area contributed by atoms with Crippen molar-refractivity contribution < 1.29 is 4.74 Å². The molecule has 0 amide bonds. The lowest BCUT2D eigenvalue weighted by atomic mass is 9.93. The Morgan fingerprint density at radius 2 is 2.05 bits per heavy atom. The Labute approximate surface area is 121 Å². The maximum Gasteiger partial charge on any atom is 0.0778 e. The number of ether oxygens (including phenoxy) is 1. The quantitative estimate of drug-likeness (QED) is 0.880. The number of aromatic nitrogens is 2. The average Bonchev–Trinajstić information content (AvgIpc) is 2.76. The van der Waals surface area contributed by atoms with Gasteiger partial charge in [-0.2, -0.15) is 5.10 Å². The lowest BCUT2D eigenvalue weighted by molar-refractivity contribution is -0.00979. The van der Waals surface area contributed by atoms with Crippen molar-refractivity contribution in [3.63, 3.8) is 0 Å². The van der Waals surface area contributed by atoms with Gasteiger partial charge >= 0.3 is 0 Å². The predicted octanol–water partition coefficient (Wildman–Crippen LogP) is 2.52. The maximum absolute atomic E-state index is 5.65. The molecule has 20 heavy (non-hydrogen) atoms. The average molecular weight is 275 g/mol. The number of hydrogen-bond acceptors (Lipinski definition) is 3. The van der Waals surface area contributed by atoms with E-state index in [2.05, 4.69) is 55.5 Å². The third-order valence-electron chi connectivity index (χ3n) is 4.05. The van der Waals surface area contributed by atoms with Gasteiger partial charge in [-0.05, 0) is 26.5 Å². The molecule has 1 heterocycles. The van der Waals surface area contributed by atoms with E-state index >= 15 is 0 Å². The van der Waals surface area contributed by atoms with Crippen LogP contribution in [0.15, 0.2) is 24.3 Å². The van der Waals surface area contributed by atoms with Crippen LogP contribution < -0.4 is 5.32 Å². The van der Waals surface area contributed by atoms with Gasteiger partial charge in [0, 0.05) is 32.0 Å². The fourth-order valence-corrected chi connectivity index (χ4v) is 2.59. The highest BCUT2D eigenvalue weighted by molar-refractivity contribution is 5.81. The molecule has 1 aromatic carbocycles. The summed E-state index contributed by atoms with van der Waals surface area (Å²) in [7, 11) is 3.76. The second kappa shape index (κ2) is 5.94. The Hall–Kier alpha value is -1.39. The Morgan fingerprint density at radius 1 is 1.35 bits per heavy atom. The summed E-state index contributed by atoms with van der Waals surface area (Å²) in [6.45, 7) is 7.27. The van der Waals surface area contributed by atoms with E-state index in [9.17, 15) is 0 Å². The molecule has 110 valence electrons. The van der Waals surface area contributed by atoms with Crippen LogP contribution in [0.5, 0.6) is 0 Å². The molecule has 0 saturated heterocycles. The largest absolute Gasteiger partial charge is 0.377 e. The van der Waals surface area contributed by atoms with E-state index in [0.29, 0.717) is 0 Å². The minimum atomic E-state index is -0.228. The van der Waals surface area contributed by atoms with Gasteiger partial charge in [-0.3, -0.25) is 4.68 Å². The third-order valence-corrected chi connectivity index (χ3v) is 4.05. The van der Waals surface area contributed by atoms with Gasteiger partial charge in [-0.25, -0.2) is 0 Å². The molecule has 0 aliphatic rings. The molecule has 0 aliphatic heterocycles. The van der Waals surface area contributed by atoms with Gasteiger partial charge in [0.25, 0.3) is 0 Å². The molecular weight excluding hydrogens is 250 g/mol. The minimum absolute atomic E-state index is 0.228. The molecule has 1 atom stereocenters. The lowest BCUT2D eigenvalue weighted by Gasteiger charge is -2.33. The number of methoxy groups -OCH3 is 1. The molecular formula is C16H25N3O. The predicted molar refractivity (Wildman–Crippen MR) is 83.0 cm³/mol. The Morgan fingerprint density at radius 3 is 2.70 bits per heavy atom. The van der Waals surface area contributed by atoms with E-state index in [0.717, 1.165) is 18.7 Å². The van der Waals surface area contributed by atoms with Gasteiger partial charge in [-0.1, -0.05) is 25.1 Å². The number of likely N-dealkylation sites (N-methyl/N-ethyl adjacent to an activating group) is 1. The minimum Gasteiger partial charge on any atom is -0.377 e. The second-order valence-corrected chi connectivity index (χ2v) is 5.71. The summed E-state index contributed by atoms with van der Waals surface area (Å²) in [6, 6.07) is 8.60. The summed E-state index contributed by atoms with van der Waals surface area (Å²) in [5, 5.41) is 9.43. The highest BCUT2D eigenvalue weighted by Crippen LogP contribution is 2.23. The summed E-state index contributed by atoms with van der Waals surface area (Å²) in [4.78, 5) is 0. The van der Waals surface area contributed by atoms with Crippen molar-refractivity contribution in [2.45, 2.75) is 38.8 Å². The van der Waals surface area contributed by atoms with Crippen molar-refractivity contribution in [1.82, 2.24) is 15.1 Å². The standard InChI is InChI=1S/C16H25N3O/c1-6-17-15(16(2,3)20-5)11-13-12-9-7-8-10-14(12)19(4)18-13/h7-10,15,17H,6,11H2,1-5H3. The van der Waals surface area contributed by atoms with Crippen LogP contribution in [0.1, 0.15) is 26.5 Å². The van der Waals surface area contributed by atoms with E-state index in [4.69, 9.17) is 4.74 Å². The van der Waals surface area contributed by atoms with Crippen LogP contribution >= 0.6 is 0 Å². The molecule has 0 fully saturated rings. The maximum atomic E-state index is 5.65. The first-order valence-electron chi connectivity index (χ1n) is 7.18. The van der Waals surface area contributed by atoms with Crippen molar-refractivity contribution in [3.05, 3.63) is 30.0 Å².